The number of amides is 1. The first-order valence-electron chi connectivity index (χ1n) is 7.27. The molecule has 0 spiro atoms. The number of hydrazone groups is 1. The van der Waals surface area contributed by atoms with Crippen LogP contribution in [0, 0.1) is 11.7 Å². The van der Waals surface area contributed by atoms with Crippen LogP contribution in [0.15, 0.2) is 59.7 Å². The minimum atomic E-state index is -4.90. The summed E-state index contributed by atoms with van der Waals surface area (Å²) in [4.78, 5) is 12.5. The number of anilines is 1. The van der Waals surface area contributed by atoms with Gasteiger partial charge in [0.25, 0.3) is 5.91 Å². The molecule has 4 nitrogen and oxygen atoms in total. The minimum Gasteiger partial charge on any atom is -0.387 e. The summed E-state index contributed by atoms with van der Waals surface area (Å²) < 4.78 is 53.0. The van der Waals surface area contributed by atoms with Crippen molar-refractivity contribution in [2.24, 2.45) is 11.0 Å². The number of para-hydroxylation sites is 1. The lowest BCUT2D eigenvalue weighted by molar-refractivity contribution is -0.123. The summed E-state index contributed by atoms with van der Waals surface area (Å²) in [5, 5.41) is 14.4. The quantitative estimate of drug-likeness (QED) is 0.861. The van der Waals surface area contributed by atoms with Crippen LogP contribution in [0.1, 0.15) is 11.7 Å². The number of carbonyl (C=O) groups excluding carboxylic acids is 1. The molecule has 2 aromatic rings. The van der Waals surface area contributed by atoms with Crippen molar-refractivity contribution in [1.29, 1.82) is 0 Å². The lowest BCUT2D eigenvalue weighted by atomic mass is 9.91. The van der Waals surface area contributed by atoms with Gasteiger partial charge in [-0.05, 0) is 29.8 Å². The third-order valence-electron chi connectivity index (χ3n) is 3.80. The molecule has 1 heterocycles. The lowest BCUT2D eigenvalue weighted by Crippen LogP contribution is -2.37. The Hall–Kier alpha value is -2.74. The number of rotatable bonds is 3. The molecule has 1 aliphatic heterocycles. The second kappa shape index (κ2) is 6.29. The molecule has 0 aromatic heterocycles. The number of alkyl halides is 3. The normalized spacial score (nSPS) is 19.1. The predicted molar refractivity (Wildman–Crippen MR) is 82.3 cm³/mol. The SMILES string of the molecule is O=C1[C@H]([C@@H](O)c2ccc(F)cc2)C(C(F)(F)F)=NN1c1ccccc1. The molecular formula is C17H12F4N2O2. The van der Waals surface area contributed by atoms with Gasteiger partial charge in [-0.1, -0.05) is 30.3 Å². The maximum atomic E-state index is 13.3. The van der Waals surface area contributed by atoms with Gasteiger partial charge in [-0.3, -0.25) is 4.79 Å². The van der Waals surface area contributed by atoms with E-state index in [0.29, 0.717) is 5.01 Å². The van der Waals surface area contributed by atoms with Crippen LogP contribution in [0.4, 0.5) is 23.2 Å². The van der Waals surface area contributed by atoms with E-state index in [9.17, 15) is 27.5 Å². The van der Waals surface area contributed by atoms with Gasteiger partial charge in [-0.25, -0.2) is 4.39 Å². The molecule has 0 bridgehead atoms. The Balaban J connectivity index is 2.01. The van der Waals surface area contributed by atoms with Gasteiger partial charge in [0.1, 0.15) is 11.7 Å². The summed E-state index contributed by atoms with van der Waals surface area (Å²) in [6.45, 7) is 0. The summed E-state index contributed by atoms with van der Waals surface area (Å²) in [5.41, 5.74) is -1.24. The topological polar surface area (TPSA) is 52.9 Å². The average molecular weight is 352 g/mol. The Morgan fingerprint density at radius 2 is 1.64 bits per heavy atom. The Morgan fingerprint density at radius 3 is 2.20 bits per heavy atom. The highest BCUT2D eigenvalue weighted by Crippen LogP contribution is 2.38. The van der Waals surface area contributed by atoms with Gasteiger partial charge in [-0.15, -0.1) is 0 Å². The molecule has 0 radical (unpaired) electrons. The summed E-state index contributed by atoms with van der Waals surface area (Å²) in [6.07, 6.45) is -6.70. The number of aliphatic hydroxyl groups excluding tert-OH is 1. The van der Waals surface area contributed by atoms with Crippen molar-refractivity contribution < 1.29 is 27.5 Å². The van der Waals surface area contributed by atoms with Crippen molar-refractivity contribution in [2.75, 3.05) is 5.01 Å². The fraction of sp³-hybridized carbons (Fsp3) is 0.176. The number of nitrogens with zero attached hydrogens (tertiary/aromatic N) is 2. The van der Waals surface area contributed by atoms with Gasteiger partial charge < -0.3 is 5.11 Å². The van der Waals surface area contributed by atoms with Crippen LogP contribution in [0.25, 0.3) is 0 Å². The van der Waals surface area contributed by atoms with Crippen LogP contribution in [0.5, 0.6) is 0 Å². The van der Waals surface area contributed by atoms with Crippen molar-refractivity contribution in [1.82, 2.24) is 0 Å². The standard InChI is InChI=1S/C17H12F4N2O2/c18-11-8-6-10(7-9-11)14(24)13-15(17(19,20)21)22-23(16(13)25)12-4-2-1-3-5-12/h1-9,13-14,24H/t13-,14+/m1/s1. The zero-order valence-electron chi connectivity index (χ0n) is 12.6. The van der Waals surface area contributed by atoms with Gasteiger partial charge in [0.15, 0.2) is 5.71 Å². The van der Waals surface area contributed by atoms with E-state index < -0.39 is 35.6 Å². The van der Waals surface area contributed by atoms with Crippen LogP contribution in [-0.4, -0.2) is 22.9 Å². The molecule has 0 aliphatic carbocycles. The van der Waals surface area contributed by atoms with E-state index in [1.54, 1.807) is 18.2 Å². The summed E-state index contributed by atoms with van der Waals surface area (Å²) >= 11 is 0. The van der Waals surface area contributed by atoms with E-state index in [-0.39, 0.29) is 11.3 Å². The molecule has 0 fully saturated rings. The Morgan fingerprint density at radius 1 is 1.04 bits per heavy atom. The summed E-state index contributed by atoms with van der Waals surface area (Å²) in [6, 6.07) is 11.9. The van der Waals surface area contributed by atoms with Crippen LogP contribution in [-0.2, 0) is 4.79 Å². The number of halogens is 4. The van der Waals surface area contributed by atoms with Crippen LogP contribution in [0.2, 0.25) is 0 Å². The zero-order valence-corrected chi connectivity index (χ0v) is 12.6. The van der Waals surface area contributed by atoms with E-state index in [1.807, 2.05) is 0 Å². The van der Waals surface area contributed by atoms with Crippen LogP contribution in [0.3, 0.4) is 0 Å². The molecule has 3 rings (SSSR count). The molecule has 2 atom stereocenters. The first-order valence-corrected chi connectivity index (χ1v) is 7.27. The zero-order chi connectivity index (χ0) is 18.2. The van der Waals surface area contributed by atoms with Crippen molar-refractivity contribution in [3.63, 3.8) is 0 Å². The van der Waals surface area contributed by atoms with E-state index in [0.717, 1.165) is 24.3 Å². The molecule has 130 valence electrons. The van der Waals surface area contributed by atoms with E-state index in [4.69, 9.17) is 0 Å². The van der Waals surface area contributed by atoms with Crippen molar-refractivity contribution in [2.45, 2.75) is 12.3 Å². The van der Waals surface area contributed by atoms with Crippen molar-refractivity contribution in [3.05, 3.63) is 66.0 Å². The van der Waals surface area contributed by atoms with Gasteiger partial charge in [0, 0.05) is 0 Å². The van der Waals surface area contributed by atoms with Gasteiger partial charge >= 0.3 is 6.18 Å². The fourth-order valence-corrected chi connectivity index (χ4v) is 2.59. The highest BCUT2D eigenvalue weighted by molar-refractivity contribution is 6.17. The monoisotopic (exact) mass is 352 g/mol. The second-order valence-electron chi connectivity index (χ2n) is 5.44. The van der Waals surface area contributed by atoms with E-state index in [2.05, 4.69) is 5.10 Å². The van der Waals surface area contributed by atoms with Gasteiger partial charge in [0.05, 0.1) is 11.8 Å². The fourth-order valence-electron chi connectivity index (χ4n) is 2.59. The average Bonchev–Trinajstić information content (AvgIpc) is 2.93. The molecule has 1 amide bonds. The van der Waals surface area contributed by atoms with Crippen LogP contribution >= 0.6 is 0 Å². The Bertz CT molecular complexity index is 804. The van der Waals surface area contributed by atoms with Crippen molar-refractivity contribution in [3.8, 4) is 0 Å². The molecular weight excluding hydrogens is 340 g/mol. The largest absolute Gasteiger partial charge is 0.432 e. The molecule has 0 saturated heterocycles. The van der Waals surface area contributed by atoms with E-state index in [1.165, 1.54) is 12.1 Å². The van der Waals surface area contributed by atoms with E-state index >= 15 is 0 Å². The van der Waals surface area contributed by atoms with Gasteiger partial charge in [0.2, 0.25) is 0 Å². The van der Waals surface area contributed by atoms with Crippen LogP contribution < -0.4 is 5.01 Å². The third kappa shape index (κ3) is 3.25. The Labute approximate surface area is 140 Å². The maximum absolute atomic E-state index is 13.3. The first kappa shape index (κ1) is 17.1. The number of benzene rings is 2. The number of hydrogen-bond acceptors (Lipinski definition) is 3. The second-order valence-corrected chi connectivity index (χ2v) is 5.44. The highest BCUT2D eigenvalue weighted by Gasteiger charge is 2.53. The molecule has 0 unspecified atom stereocenters. The summed E-state index contributed by atoms with van der Waals surface area (Å²) in [5.74, 6) is -3.54. The maximum Gasteiger partial charge on any atom is 0.432 e. The number of aliphatic hydroxyl groups is 1. The molecule has 8 heteroatoms. The number of carbonyl (C=O) groups is 1. The first-order chi connectivity index (χ1) is 11.8. The number of hydrogen-bond donors (Lipinski definition) is 1. The predicted octanol–water partition coefficient (Wildman–Crippen LogP) is 3.44. The molecule has 0 saturated carbocycles. The molecule has 2 aromatic carbocycles. The lowest BCUT2D eigenvalue weighted by Gasteiger charge is -2.20. The summed E-state index contributed by atoms with van der Waals surface area (Å²) in [7, 11) is 0. The minimum absolute atomic E-state index is 0.00777. The molecule has 25 heavy (non-hydrogen) atoms. The smallest absolute Gasteiger partial charge is 0.387 e. The highest BCUT2D eigenvalue weighted by atomic mass is 19.4. The van der Waals surface area contributed by atoms with Gasteiger partial charge in [-0.2, -0.15) is 23.3 Å². The molecule has 1 aliphatic rings. The Kier molecular flexibility index (Phi) is 4.30. The third-order valence-corrected chi connectivity index (χ3v) is 3.80. The van der Waals surface area contributed by atoms with Crippen molar-refractivity contribution >= 4 is 17.3 Å². The molecule has 1 N–H and O–H groups in total.